The molecule has 0 fully saturated rings. The average Bonchev–Trinajstić information content (AvgIpc) is 2.18. The summed E-state index contributed by atoms with van der Waals surface area (Å²) >= 11 is 16.0. The van der Waals surface area contributed by atoms with Crippen molar-refractivity contribution in [1.29, 1.82) is 0 Å². The molecule has 1 N–H and O–H groups in total. The molecule has 9 heteroatoms. The largest absolute Gasteiger partial charge is 0.336 e. The van der Waals surface area contributed by atoms with Gasteiger partial charge in [0.2, 0.25) is 3.79 Å². The lowest BCUT2D eigenvalue weighted by molar-refractivity contribution is -0.116. The minimum Gasteiger partial charge on any atom is -0.293 e. The number of halogens is 3. The zero-order valence-corrected chi connectivity index (χ0v) is 11.6. The lowest BCUT2D eigenvalue weighted by Crippen LogP contribution is -2.42. The molecule has 0 aliphatic heterocycles. The molecule has 0 saturated heterocycles. The van der Waals surface area contributed by atoms with Crippen LogP contribution in [-0.2, 0) is 19.3 Å². The van der Waals surface area contributed by atoms with Crippen LogP contribution >= 0.6 is 34.8 Å². The molecule has 1 aliphatic carbocycles. The molecular formula is C8H10Cl3NO4S. The molecule has 0 radical (unpaired) electrons. The molecule has 0 bridgehead atoms. The molecule has 5 nitrogen and oxygen atoms in total. The van der Waals surface area contributed by atoms with Crippen molar-refractivity contribution in [2.75, 3.05) is 6.61 Å². The lowest BCUT2D eigenvalue weighted by atomic mass is 10.0. The number of carbonyl (C=O) groups excluding carboxylic acids is 1. The second-order valence-electron chi connectivity index (χ2n) is 3.38. The van der Waals surface area contributed by atoms with E-state index in [1.165, 1.54) is 6.08 Å². The van der Waals surface area contributed by atoms with E-state index < -0.39 is 26.7 Å². The first-order valence-electron chi connectivity index (χ1n) is 4.63. The summed E-state index contributed by atoms with van der Waals surface area (Å²) in [5.41, 5.74) is 0. The van der Waals surface area contributed by atoms with E-state index >= 15 is 0 Å². The van der Waals surface area contributed by atoms with Crippen molar-refractivity contribution in [2.45, 2.75) is 22.7 Å². The summed E-state index contributed by atoms with van der Waals surface area (Å²) in [6.07, 6.45) is 4.00. The van der Waals surface area contributed by atoms with Gasteiger partial charge in [-0.2, -0.15) is 13.1 Å². The lowest BCUT2D eigenvalue weighted by Gasteiger charge is -2.18. The number of hydrogen-bond donors (Lipinski definition) is 1. The van der Waals surface area contributed by atoms with Gasteiger partial charge in [-0.15, -0.1) is 0 Å². The van der Waals surface area contributed by atoms with Crippen LogP contribution in [0.3, 0.4) is 0 Å². The number of nitrogens with one attached hydrogen (secondary N) is 1. The second-order valence-corrected chi connectivity index (χ2v) is 7.28. The van der Waals surface area contributed by atoms with Gasteiger partial charge in [0.25, 0.3) is 0 Å². The smallest absolute Gasteiger partial charge is 0.293 e. The molecule has 0 amide bonds. The highest BCUT2D eigenvalue weighted by molar-refractivity contribution is 7.84. The SMILES string of the molecule is O=C1C=CCC[C@@H]1NS(=O)(=O)OCC(Cl)(Cl)Cl. The number of carbonyl (C=O) groups is 1. The van der Waals surface area contributed by atoms with Gasteiger partial charge in [-0.25, -0.2) is 0 Å². The fourth-order valence-corrected chi connectivity index (χ4v) is 2.53. The predicted molar refractivity (Wildman–Crippen MR) is 65.5 cm³/mol. The summed E-state index contributed by atoms with van der Waals surface area (Å²) in [7, 11) is -4.11. The maximum absolute atomic E-state index is 11.4. The van der Waals surface area contributed by atoms with Gasteiger partial charge in [0.1, 0.15) is 6.61 Å². The summed E-state index contributed by atoms with van der Waals surface area (Å²) in [6, 6.07) is -0.819. The van der Waals surface area contributed by atoms with Crippen LogP contribution in [0.15, 0.2) is 12.2 Å². The molecule has 0 aromatic rings. The normalized spacial score (nSPS) is 21.8. The Balaban J connectivity index is 2.55. The molecule has 1 rings (SSSR count). The molecule has 1 aliphatic rings. The standard InChI is InChI=1S/C8H10Cl3NO4S/c9-8(10,11)5-16-17(14,15)12-6-3-1-2-4-7(6)13/h2,4,6,12H,1,3,5H2/t6-/m0/s1. The Morgan fingerprint density at radius 3 is 2.65 bits per heavy atom. The topological polar surface area (TPSA) is 72.5 Å². The predicted octanol–water partition coefficient (Wildman–Crippen LogP) is 1.50. The third-order valence-electron chi connectivity index (χ3n) is 1.91. The van der Waals surface area contributed by atoms with Crippen molar-refractivity contribution in [3.05, 3.63) is 12.2 Å². The molecule has 0 aromatic heterocycles. The van der Waals surface area contributed by atoms with Gasteiger partial charge in [0, 0.05) is 0 Å². The first-order valence-corrected chi connectivity index (χ1v) is 7.18. The molecule has 0 heterocycles. The molecule has 98 valence electrons. The number of hydrogen-bond acceptors (Lipinski definition) is 4. The Bertz CT molecular complexity index is 415. The quantitative estimate of drug-likeness (QED) is 0.796. The van der Waals surface area contributed by atoms with Crippen LogP contribution in [0.1, 0.15) is 12.8 Å². The Morgan fingerprint density at radius 2 is 2.12 bits per heavy atom. The highest BCUT2D eigenvalue weighted by Gasteiger charge is 2.28. The number of allylic oxidation sites excluding steroid dienone is 1. The van der Waals surface area contributed by atoms with Crippen LogP contribution in [0.25, 0.3) is 0 Å². The van der Waals surface area contributed by atoms with Gasteiger partial charge in [-0.3, -0.25) is 8.98 Å². The van der Waals surface area contributed by atoms with Gasteiger partial charge >= 0.3 is 10.3 Å². The minimum absolute atomic E-state index is 0.322. The third-order valence-corrected chi connectivity index (χ3v) is 3.24. The molecule has 0 spiro atoms. The second kappa shape index (κ2) is 5.86. The Morgan fingerprint density at radius 1 is 1.47 bits per heavy atom. The van der Waals surface area contributed by atoms with Crippen molar-refractivity contribution in [3.8, 4) is 0 Å². The summed E-state index contributed by atoms with van der Waals surface area (Å²) in [5, 5.41) is 0. The van der Waals surface area contributed by atoms with E-state index in [0.717, 1.165) is 0 Å². The van der Waals surface area contributed by atoms with Crippen LogP contribution in [0.5, 0.6) is 0 Å². The van der Waals surface area contributed by atoms with E-state index in [2.05, 4.69) is 8.91 Å². The molecule has 0 unspecified atom stereocenters. The number of rotatable bonds is 4. The van der Waals surface area contributed by atoms with Crippen molar-refractivity contribution in [1.82, 2.24) is 4.72 Å². The van der Waals surface area contributed by atoms with Crippen LogP contribution in [0.4, 0.5) is 0 Å². The highest BCUT2D eigenvalue weighted by Crippen LogP contribution is 2.26. The van der Waals surface area contributed by atoms with E-state index in [0.29, 0.717) is 12.8 Å². The first-order chi connectivity index (χ1) is 7.70. The molecular weight excluding hydrogens is 313 g/mol. The highest BCUT2D eigenvalue weighted by atomic mass is 35.6. The Hall–Kier alpha value is 0.150. The van der Waals surface area contributed by atoms with Gasteiger partial charge in [0.05, 0.1) is 6.04 Å². The monoisotopic (exact) mass is 321 g/mol. The molecule has 0 saturated carbocycles. The molecule has 0 aromatic carbocycles. The van der Waals surface area contributed by atoms with E-state index in [4.69, 9.17) is 34.8 Å². The average molecular weight is 323 g/mol. The van der Waals surface area contributed by atoms with E-state index in [9.17, 15) is 13.2 Å². The number of ketones is 1. The summed E-state index contributed by atoms with van der Waals surface area (Å²) < 4.78 is 27.5. The van der Waals surface area contributed by atoms with Gasteiger partial charge in [-0.05, 0) is 18.9 Å². The maximum atomic E-state index is 11.4. The van der Waals surface area contributed by atoms with Crippen LogP contribution in [-0.4, -0.2) is 30.6 Å². The van der Waals surface area contributed by atoms with Gasteiger partial charge < -0.3 is 0 Å². The Kier molecular flexibility index (Phi) is 5.24. The Labute approximate surface area is 114 Å². The third kappa shape index (κ3) is 6.03. The first kappa shape index (κ1) is 15.2. The zero-order chi connectivity index (χ0) is 13.1. The molecule has 17 heavy (non-hydrogen) atoms. The molecule has 1 atom stereocenters. The minimum atomic E-state index is -4.11. The van der Waals surface area contributed by atoms with Crippen molar-refractivity contribution in [3.63, 3.8) is 0 Å². The van der Waals surface area contributed by atoms with Crippen molar-refractivity contribution >= 4 is 50.9 Å². The zero-order valence-electron chi connectivity index (χ0n) is 8.53. The summed E-state index contributed by atoms with van der Waals surface area (Å²) in [4.78, 5) is 11.3. The fourth-order valence-electron chi connectivity index (χ4n) is 1.19. The van der Waals surface area contributed by atoms with E-state index in [1.54, 1.807) is 6.08 Å². The summed E-state index contributed by atoms with van der Waals surface area (Å²) in [5.74, 6) is -0.322. The van der Waals surface area contributed by atoms with E-state index in [-0.39, 0.29) is 5.78 Å². The number of alkyl halides is 3. The van der Waals surface area contributed by atoms with Gasteiger partial charge in [-0.1, -0.05) is 40.9 Å². The fraction of sp³-hybridized carbons (Fsp3) is 0.625. The van der Waals surface area contributed by atoms with Crippen molar-refractivity contribution in [2.24, 2.45) is 0 Å². The van der Waals surface area contributed by atoms with Crippen LogP contribution in [0, 0.1) is 0 Å². The van der Waals surface area contributed by atoms with Crippen molar-refractivity contribution < 1.29 is 17.4 Å². The summed E-state index contributed by atoms with van der Waals surface area (Å²) in [6.45, 7) is -0.621. The van der Waals surface area contributed by atoms with E-state index in [1.807, 2.05) is 0 Å². The van der Waals surface area contributed by atoms with Crippen LogP contribution in [0.2, 0.25) is 0 Å². The van der Waals surface area contributed by atoms with Gasteiger partial charge in [0.15, 0.2) is 5.78 Å². The van der Waals surface area contributed by atoms with Crippen LogP contribution < -0.4 is 4.72 Å². The maximum Gasteiger partial charge on any atom is 0.336 e.